The number of carbonyl (C=O) groups is 2. The molecule has 16 heavy (non-hydrogen) atoms. The fraction of sp³-hybridized carbons (Fsp3) is 0.636. The molecule has 0 aliphatic heterocycles. The Morgan fingerprint density at radius 2 is 2.00 bits per heavy atom. The van der Waals surface area contributed by atoms with Crippen LogP contribution in [-0.2, 0) is 14.3 Å². The Balaban J connectivity index is 4.40. The van der Waals surface area contributed by atoms with Crippen LogP contribution in [0.5, 0.6) is 0 Å². The maximum Gasteiger partial charge on any atom is 0.331 e. The summed E-state index contributed by atoms with van der Waals surface area (Å²) in [7, 11) is 0. The molecule has 0 unspecified atom stereocenters. The molecule has 0 atom stereocenters. The van der Waals surface area contributed by atoms with Crippen molar-refractivity contribution >= 4 is 11.9 Å². The molecule has 5 nitrogen and oxygen atoms in total. The van der Waals surface area contributed by atoms with Gasteiger partial charge in [0.25, 0.3) is 5.91 Å². The van der Waals surface area contributed by atoms with Crippen molar-refractivity contribution in [2.75, 3.05) is 6.61 Å². The predicted molar refractivity (Wildman–Crippen MR) is 61.2 cm³/mol. The number of unbranched alkanes of at least 4 members (excludes halogenated alkanes) is 2. The van der Waals surface area contributed by atoms with Crippen molar-refractivity contribution < 1.29 is 14.3 Å². The van der Waals surface area contributed by atoms with Crippen LogP contribution in [-0.4, -0.2) is 18.5 Å². The maximum atomic E-state index is 11.3. The molecule has 0 bridgehead atoms. The first-order chi connectivity index (χ1) is 7.65. The molecule has 0 saturated heterocycles. The normalized spacial score (nSPS) is 11.1. The monoisotopic (exact) mass is 228 g/mol. The molecule has 1 amide bonds. The molecule has 0 aliphatic rings. The summed E-state index contributed by atoms with van der Waals surface area (Å²) in [5, 5.41) is 0. The second kappa shape index (κ2) is 8.91. The highest BCUT2D eigenvalue weighted by atomic mass is 16.5. The third-order valence-corrected chi connectivity index (χ3v) is 2.05. The smallest absolute Gasteiger partial charge is 0.331 e. The molecule has 0 fully saturated rings. The third kappa shape index (κ3) is 6.19. The quantitative estimate of drug-likeness (QED) is 0.170. The van der Waals surface area contributed by atoms with Crippen LogP contribution >= 0.6 is 0 Å². The highest BCUT2D eigenvalue weighted by Crippen LogP contribution is 2.09. The van der Waals surface area contributed by atoms with E-state index in [0.717, 1.165) is 19.3 Å². The van der Waals surface area contributed by atoms with E-state index in [1.54, 1.807) is 6.92 Å². The molecular formula is C11H20N2O3. The lowest BCUT2D eigenvalue weighted by atomic mass is 10.1. The fourth-order valence-electron chi connectivity index (χ4n) is 1.24. The van der Waals surface area contributed by atoms with Crippen LogP contribution in [0.4, 0.5) is 0 Å². The van der Waals surface area contributed by atoms with E-state index < -0.39 is 11.9 Å². The van der Waals surface area contributed by atoms with E-state index in [4.69, 9.17) is 10.6 Å². The van der Waals surface area contributed by atoms with Crippen LogP contribution in [0.3, 0.4) is 0 Å². The van der Waals surface area contributed by atoms with Crippen molar-refractivity contribution in [2.24, 2.45) is 5.84 Å². The van der Waals surface area contributed by atoms with Crippen molar-refractivity contribution in [2.45, 2.75) is 39.5 Å². The van der Waals surface area contributed by atoms with Gasteiger partial charge in [0.05, 0.1) is 6.61 Å². The summed E-state index contributed by atoms with van der Waals surface area (Å²) in [5.41, 5.74) is 2.39. The molecule has 3 N–H and O–H groups in total. The first kappa shape index (κ1) is 14.6. The summed E-state index contributed by atoms with van der Waals surface area (Å²) in [6.07, 6.45) is 4.67. The summed E-state index contributed by atoms with van der Waals surface area (Å²) in [6, 6.07) is 0. The molecule has 0 radical (unpaired) electrons. The van der Waals surface area contributed by atoms with Gasteiger partial charge in [-0.1, -0.05) is 19.8 Å². The van der Waals surface area contributed by atoms with E-state index in [-0.39, 0.29) is 0 Å². The molecule has 0 aromatic heterocycles. The molecular weight excluding hydrogens is 208 g/mol. The Morgan fingerprint density at radius 3 is 2.50 bits per heavy atom. The average molecular weight is 228 g/mol. The lowest BCUT2D eigenvalue weighted by Crippen LogP contribution is -2.31. The number of esters is 1. The minimum atomic E-state index is -0.502. The molecule has 0 aliphatic carbocycles. The Labute approximate surface area is 96.0 Å². The number of amides is 1. The summed E-state index contributed by atoms with van der Waals surface area (Å²) in [5.74, 6) is 4.11. The van der Waals surface area contributed by atoms with Crippen LogP contribution in [0, 0.1) is 0 Å². The number of hydrogen-bond donors (Lipinski definition) is 2. The highest BCUT2D eigenvalue weighted by Gasteiger charge is 2.10. The van der Waals surface area contributed by atoms with Crippen molar-refractivity contribution in [3.63, 3.8) is 0 Å². The summed E-state index contributed by atoms with van der Waals surface area (Å²) < 4.78 is 4.74. The predicted octanol–water partition coefficient (Wildman–Crippen LogP) is 1.05. The third-order valence-electron chi connectivity index (χ3n) is 2.05. The van der Waals surface area contributed by atoms with E-state index in [2.05, 4.69) is 6.92 Å². The SMILES string of the molecule is CCCCCC(=CC(=O)OCC)C(=O)NN. The summed E-state index contributed by atoms with van der Waals surface area (Å²) in [6.45, 7) is 4.07. The molecule has 0 rings (SSSR count). The van der Waals surface area contributed by atoms with E-state index in [1.165, 1.54) is 6.08 Å². The number of nitrogens with two attached hydrogens (primary N) is 1. The second-order valence-electron chi connectivity index (χ2n) is 3.35. The maximum absolute atomic E-state index is 11.3. The first-order valence-electron chi connectivity index (χ1n) is 5.53. The molecule has 0 saturated carbocycles. The van der Waals surface area contributed by atoms with Gasteiger partial charge in [-0.3, -0.25) is 10.2 Å². The number of nitrogens with one attached hydrogen (secondary N) is 1. The number of hydrazine groups is 1. The van der Waals surface area contributed by atoms with Crippen LogP contribution in [0.2, 0.25) is 0 Å². The van der Waals surface area contributed by atoms with Crippen LogP contribution in [0.15, 0.2) is 11.6 Å². The van der Waals surface area contributed by atoms with Crippen molar-refractivity contribution in [1.82, 2.24) is 5.43 Å². The summed E-state index contributed by atoms with van der Waals surface area (Å²) in [4.78, 5) is 22.5. The zero-order valence-electron chi connectivity index (χ0n) is 9.91. The minimum Gasteiger partial charge on any atom is -0.463 e. The van der Waals surface area contributed by atoms with Crippen molar-refractivity contribution in [3.05, 3.63) is 11.6 Å². The fourth-order valence-corrected chi connectivity index (χ4v) is 1.24. The molecule has 0 aromatic rings. The van der Waals surface area contributed by atoms with Crippen LogP contribution in [0.25, 0.3) is 0 Å². The van der Waals surface area contributed by atoms with Gasteiger partial charge in [0, 0.05) is 11.6 Å². The Bertz CT molecular complexity index is 262. The molecule has 0 heterocycles. The minimum absolute atomic E-state index is 0.293. The second-order valence-corrected chi connectivity index (χ2v) is 3.35. The number of hydrogen-bond acceptors (Lipinski definition) is 4. The summed E-state index contributed by atoms with van der Waals surface area (Å²) >= 11 is 0. The average Bonchev–Trinajstić information content (AvgIpc) is 2.27. The highest BCUT2D eigenvalue weighted by molar-refractivity contribution is 5.99. The van der Waals surface area contributed by atoms with Crippen LogP contribution < -0.4 is 11.3 Å². The molecule has 0 spiro atoms. The van der Waals surface area contributed by atoms with Crippen molar-refractivity contribution in [3.8, 4) is 0 Å². The van der Waals surface area contributed by atoms with Gasteiger partial charge < -0.3 is 4.74 Å². The standard InChI is InChI=1S/C11H20N2O3/c1-3-5-6-7-9(11(15)13-12)8-10(14)16-4-2/h8H,3-7,12H2,1-2H3,(H,13,15). The molecule has 92 valence electrons. The lowest BCUT2D eigenvalue weighted by Gasteiger charge is -2.05. The number of ether oxygens (including phenoxy) is 1. The lowest BCUT2D eigenvalue weighted by molar-refractivity contribution is -0.137. The zero-order chi connectivity index (χ0) is 12.4. The van der Waals surface area contributed by atoms with Crippen LogP contribution in [0.1, 0.15) is 39.5 Å². The van der Waals surface area contributed by atoms with Crippen molar-refractivity contribution in [1.29, 1.82) is 0 Å². The van der Waals surface area contributed by atoms with Gasteiger partial charge in [-0.15, -0.1) is 0 Å². The van der Waals surface area contributed by atoms with Gasteiger partial charge in [0.15, 0.2) is 0 Å². The van der Waals surface area contributed by atoms with Gasteiger partial charge >= 0.3 is 5.97 Å². The van der Waals surface area contributed by atoms with Gasteiger partial charge in [0.1, 0.15) is 0 Å². The Morgan fingerprint density at radius 1 is 1.31 bits per heavy atom. The van der Waals surface area contributed by atoms with E-state index >= 15 is 0 Å². The number of rotatable bonds is 7. The molecule has 0 aromatic carbocycles. The van der Waals surface area contributed by atoms with Gasteiger partial charge in [-0.25, -0.2) is 10.6 Å². The Hall–Kier alpha value is -1.36. The van der Waals surface area contributed by atoms with Gasteiger partial charge in [0.2, 0.25) is 0 Å². The zero-order valence-corrected chi connectivity index (χ0v) is 9.91. The van der Waals surface area contributed by atoms with E-state index in [9.17, 15) is 9.59 Å². The first-order valence-corrected chi connectivity index (χ1v) is 5.53. The number of carbonyl (C=O) groups excluding carboxylic acids is 2. The van der Waals surface area contributed by atoms with Gasteiger partial charge in [-0.2, -0.15) is 0 Å². The topological polar surface area (TPSA) is 81.4 Å². The van der Waals surface area contributed by atoms with E-state index in [1.807, 2.05) is 5.43 Å². The van der Waals surface area contributed by atoms with E-state index in [0.29, 0.717) is 18.6 Å². The Kier molecular flexibility index (Phi) is 8.15. The van der Waals surface area contributed by atoms with Gasteiger partial charge in [-0.05, 0) is 19.8 Å². The largest absolute Gasteiger partial charge is 0.463 e. The molecule has 5 heteroatoms.